The number of hydrogen-bond acceptors (Lipinski definition) is 1. The van der Waals surface area contributed by atoms with Crippen molar-refractivity contribution < 1.29 is 0 Å². The van der Waals surface area contributed by atoms with Crippen LogP contribution in [0.4, 0.5) is 0 Å². The van der Waals surface area contributed by atoms with Gasteiger partial charge in [0.1, 0.15) is 0 Å². The van der Waals surface area contributed by atoms with E-state index in [1.807, 2.05) is 0 Å². The van der Waals surface area contributed by atoms with Crippen LogP contribution in [0.15, 0.2) is 60.7 Å². The fraction of sp³-hybridized carbons (Fsp3) is 0.400. The molecule has 0 saturated carbocycles. The van der Waals surface area contributed by atoms with Crippen LogP contribution < -0.4 is 0 Å². The van der Waals surface area contributed by atoms with Crippen molar-refractivity contribution >= 4 is 0 Å². The van der Waals surface area contributed by atoms with E-state index in [0.29, 0.717) is 6.04 Å². The van der Waals surface area contributed by atoms with E-state index >= 15 is 0 Å². The third-order valence-electron chi connectivity index (χ3n) is 4.06. The van der Waals surface area contributed by atoms with Crippen LogP contribution in [0.25, 0.3) is 0 Å². The molecule has 0 heterocycles. The second-order valence-electron chi connectivity index (χ2n) is 5.87. The molecule has 1 heteroatoms. The quantitative estimate of drug-likeness (QED) is 0.637. The van der Waals surface area contributed by atoms with E-state index in [-0.39, 0.29) is 0 Å². The number of rotatable bonds is 8. The van der Waals surface area contributed by atoms with Crippen molar-refractivity contribution in [1.29, 1.82) is 0 Å². The molecule has 0 bridgehead atoms. The van der Waals surface area contributed by atoms with Crippen molar-refractivity contribution in [3.8, 4) is 0 Å². The van der Waals surface area contributed by atoms with E-state index in [4.69, 9.17) is 0 Å². The third-order valence-corrected chi connectivity index (χ3v) is 4.06. The number of unbranched alkanes of at least 4 members (excludes halogenated alkanes) is 1. The van der Waals surface area contributed by atoms with Gasteiger partial charge < -0.3 is 0 Å². The maximum Gasteiger partial charge on any atom is 0.0240 e. The van der Waals surface area contributed by atoms with Crippen LogP contribution in [0.5, 0.6) is 0 Å². The van der Waals surface area contributed by atoms with E-state index in [0.717, 1.165) is 13.1 Å². The number of hydrogen-bond donors (Lipinski definition) is 0. The van der Waals surface area contributed by atoms with Crippen LogP contribution in [0.2, 0.25) is 0 Å². The molecule has 2 rings (SSSR count). The summed E-state index contributed by atoms with van der Waals surface area (Å²) in [6.07, 6.45) is 3.85. The van der Waals surface area contributed by atoms with Gasteiger partial charge in [-0.15, -0.1) is 0 Å². The lowest BCUT2D eigenvalue weighted by atomic mass is 10.1. The summed E-state index contributed by atoms with van der Waals surface area (Å²) in [5, 5.41) is 0. The average Bonchev–Trinajstić information content (AvgIpc) is 2.54. The number of benzene rings is 2. The molecule has 0 aromatic heterocycles. The van der Waals surface area contributed by atoms with Crippen LogP contribution >= 0.6 is 0 Å². The molecule has 0 aliphatic rings. The van der Waals surface area contributed by atoms with Crippen LogP contribution in [0, 0.1) is 0 Å². The van der Waals surface area contributed by atoms with Gasteiger partial charge in [0, 0.05) is 19.1 Å². The zero-order valence-corrected chi connectivity index (χ0v) is 13.3. The van der Waals surface area contributed by atoms with Crippen molar-refractivity contribution in [3.05, 3.63) is 71.8 Å². The molecule has 1 nitrogen and oxygen atoms in total. The van der Waals surface area contributed by atoms with E-state index in [1.165, 1.54) is 30.4 Å². The summed E-state index contributed by atoms with van der Waals surface area (Å²) in [4.78, 5) is 2.60. The minimum absolute atomic E-state index is 0.616. The molecule has 0 saturated heterocycles. The second kappa shape index (κ2) is 8.63. The van der Waals surface area contributed by atoms with Crippen LogP contribution in [0.3, 0.4) is 0 Å². The summed E-state index contributed by atoms with van der Waals surface area (Å²) < 4.78 is 0. The monoisotopic (exact) mass is 281 g/mol. The first-order valence-corrected chi connectivity index (χ1v) is 8.11. The summed E-state index contributed by atoms with van der Waals surface area (Å²) in [7, 11) is 0. The average molecular weight is 281 g/mol. The largest absolute Gasteiger partial charge is 0.292 e. The molecule has 0 N–H and O–H groups in total. The van der Waals surface area contributed by atoms with Crippen molar-refractivity contribution in [2.75, 3.05) is 0 Å². The van der Waals surface area contributed by atoms with Gasteiger partial charge in [-0.25, -0.2) is 0 Å². The smallest absolute Gasteiger partial charge is 0.0240 e. The van der Waals surface area contributed by atoms with Crippen molar-refractivity contribution in [2.24, 2.45) is 0 Å². The molecule has 2 aromatic carbocycles. The van der Waals surface area contributed by atoms with Gasteiger partial charge in [0.05, 0.1) is 0 Å². The van der Waals surface area contributed by atoms with Crippen LogP contribution in [-0.4, -0.2) is 10.9 Å². The Morgan fingerprint density at radius 3 is 1.71 bits per heavy atom. The first-order chi connectivity index (χ1) is 10.3. The molecule has 0 aliphatic carbocycles. The fourth-order valence-corrected chi connectivity index (χ4v) is 2.69. The van der Waals surface area contributed by atoms with E-state index in [9.17, 15) is 0 Å². The zero-order valence-electron chi connectivity index (χ0n) is 13.3. The summed E-state index contributed by atoms with van der Waals surface area (Å²) in [6, 6.07) is 22.2. The van der Waals surface area contributed by atoms with E-state index in [1.54, 1.807) is 0 Å². The summed E-state index contributed by atoms with van der Waals surface area (Å²) in [5.74, 6) is 0. The summed E-state index contributed by atoms with van der Waals surface area (Å²) in [6.45, 7) is 6.69. The molecule has 1 atom stereocenters. The highest BCUT2D eigenvalue weighted by atomic mass is 15.1. The summed E-state index contributed by atoms with van der Waals surface area (Å²) >= 11 is 0. The summed E-state index contributed by atoms with van der Waals surface area (Å²) in [5.41, 5.74) is 2.80. The lowest BCUT2D eigenvalue weighted by Crippen LogP contribution is -2.32. The first-order valence-electron chi connectivity index (χ1n) is 8.11. The predicted octanol–water partition coefficient (Wildman–Crippen LogP) is 5.27. The lowest BCUT2D eigenvalue weighted by molar-refractivity contribution is 0.179. The van der Waals surface area contributed by atoms with Gasteiger partial charge in [-0.2, -0.15) is 0 Å². The standard InChI is InChI=1S/C20H27N/c1-3-4-11-18(2)21(16-19-12-7-5-8-13-19)17-20-14-9-6-10-15-20/h5-10,12-15,18H,3-4,11,16-17H2,1-2H3. The Kier molecular flexibility index (Phi) is 6.49. The van der Waals surface area contributed by atoms with Gasteiger partial charge in [0.25, 0.3) is 0 Å². The zero-order chi connectivity index (χ0) is 14.9. The SMILES string of the molecule is CCCCC(C)N(Cc1ccccc1)Cc1ccccc1. The third kappa shape index (κ3) is 5.35. The van der Waals surface area contributed by atoms with E-state index < -0.39 is 0 Å². The molecule has 112 valence electrons. The minimum atomic E-state index is 0.616. The van der Waals surface area contributed by atoms with Crippen LogP contribution in [0.1, 0.15) is 44.2 Å². The first kappa shape index (κ1) is 15.8. The van der Waals surface area contributed by atoms with Gasteiger partial charge in [0.15, 0.2) is 0 Å². The van der Waals surface area contributed by atoms with Crippen molar-refractivity contribution in [3.63, 3.8) is 0 Å². The highest BCUT2D eigenvalue weighted by molar-refractivity contribution is 5.17. The Morgan fingerprint density at radius 1 is 0.810 bits per heavy atom. The molecular weight excluding hydrogens is 254 g/mol. The molecule has 0 aliphatic heterocycles. The van der Waals surface area contributed by atoms with Crippen LogP contribution in [-0.2, 0) is 13.1 Å². The molecule has 0 fully saturated rings. The highest BCUT2D eigenvalue weighted by Crippen LogP contribution is 2.16. The van der Waals surface area contributed by atoms with Crippen molar-refractivity contribution in [2.45, 2.75) is 52.2 Å². The van der Waals surface area contributed by atoms with Gasteiger partial charge in [-0.3, -0.25) is 4.90 Å². The molecule has 0 radical (unpaired) electrons. The maximum atomic E-state index is 2.60. The molecule has 1 unspecified atom stereocenters. The fourth-order valence-electron chi connectivity index (χ4n) is 2.69. The van der Waals surface area contributed by atoms with Gasteiger partial charge in [0.2, 0.25) is 0 Å². The van der Waals surface area contributed by atoms with E-state index in [2.05, 4.69) is 79.4 Å². The Bertz CT molecular complexity index is 450. The van der Waals surface area contributed by atoms with Gasteiger partial charge in [-0.05, 0) is 24.5 Å². The minimum Gasteiger partial charge on any atom is -0.292 e. The Labute approximate surface area is 129 Å². The topological polar surface area (TPSA) is 3.24 Å². The lowest BCUT2D eigenvalue weighted by Gasteiger charge is -2.29. The van der Waals surface area contributed by atoms with Gasteiger partial charge in [-0.1, -0.05) is 80.4 Å². The Balaban J connectivity index is 2.06. The normalized spacial score (nSPS) is 12.5. The Hall–Kier alpha value is -1.60. The molecule has 21 heavy (non-hydrogen) atoms. The maximum absolute atomic E-state index is 2.60. The van der Waals surface area contributed by atoms with Gasteiger partial charge >= 0.3 is 0 Å². The molecule has 0 spiro atoms. The Morgan fingerprint density at radius 2 is 1.29 bits per heavy atom. The molecule has 0 amide bonds. The molecule has 2 aromatic rings. The second-order valence-corrected chi connectivity index (χ2v) is 5.87. The van der Waals surface area contributed by atoms with Crippen molar-refractivity contribution in [1.82, 2.24) is 4.90 Å². The predicted molar refractivity (Wildman–Crippen MR) is 91.1 cm³/mol. The molecular formula is C20H27N. The highest BCUT2D eigenvalue weighted by Gasteiger charge is 2.14. The number of nitrogens with zero attached hydrogens (tertiary/aromatic N) is 1.